The minimum atomic E-state index is -0.900. The average Bonchev–Trinajstić information content (AvgIpc) is 2.37. The number of nitrogens with zero attached hydrogens (tertiary/aromatic N) is 1. The molecule has 0 bridgehead atoms. The smallest absolute Gasteiger partial charge is 0.305 e. The van der Waals surface area contributed by atoms with Crippen molar-refractivity contribution in [1.82, 2.24) is 4.57 Å². The van der Waals surface area contributed by atoms with E-state index >= 15 is 0 Å². The number of aromatic nitrogens is 1. The molecule has 0 spiro atoms. The first-order valence-corrected chi connectivity index (χ1v) is 5.95. The Labute approximate surface area is 104 Å². The molecule has 2 aromatic rings. The van der Waals surface area contributed by atoms with E-state index < -0.39 is 5.97 Å². The zero-order chi connectivity index (χ0) is 13.1. The van der Waals surface area contributed by atoms with Crippen LogP contribution in [-0.2, 0) is 17.8 Å². The van der Waals surface area contributed by atoms with Crippen LogP contribution in [0.3, 0.4) is 0 Å². The van der Waals surface area contributed by atoms with Gasteiger partial charge in [0.25, 0.3) is 5.56 Å². The third-order valence-corrected chi connectivity index (χ3v) is 3.02. The molecule has 1 heterocycles. The van der Waals surface area contributed by atoms with E-state index in [2.05, 4.69) is 6.92 Å². The van der Waals surface area contributed by atoms with Crippen LogP contribution in [0.5, 0.6) is 0 Å². The Morgan fingerprint density at radius 1 is 1.33 bits per heavy atom. The zero-order valence-corrected chi connectivity index (χ0v) is 10.2. The first-order chi connectivity index (χ1) is 8.61. The van der Waals surface area contributed by atoms with Gasteiger partial charge in [0, 0.05) is 18.1 Å². The van der Waals surface area contributed by atoms with Crippen molar-refractivity contribution in [2.75, 3.05) is 0 Å². The fraction of sp³-hybridized carbons (Fsp3) is 0.286. The van der Waals surface area contributed by atoms with Crippen LogP contribution in [0, 0.1) is 0 Å². The average molecular weight is 245 g/mol. The third-order valence-electron chi connectivity index (χ3n) is 3.02. The normalized spacial score (nSPS) is 10.7. The monoisotopic (exact) mass is 245 g/mol. The molecule has 0 fully saturated rings. The van der Waals surface area contributed by atoms with Crippen LogP contribution < -0.4 is 5.56 Å². The highest BCUT2D eigenvalue weighted by atomic mass is 16.4. The lowest BCUT2D eigenvalue weighted by Gasteiger charge is -2.06. The van der Waals surface area contributed by atoms with E-state index in [0.29, 0.717) is 5.39 Å². The zero-order valence-electron chi connectivity index (χ0n) is 10.2. The summed E-state index contributed by atoms with van der Waals surface area (Å²) in [5.41, 5.74) is 1.06. The van der Waals surface area contributed by atoms with Crippen molar-refractivity contribution in [1.29, 1.82) is 0 Å². The first-order valence-electron chi connectivity index (χ1n) is 5.95. The topological polar surface area (TPSA) is 59.3 Å². The van der Waals surface area contributed by atoms with Crippen LogP contribution in [0.1, 0.15) is 18.9 Å². The largest absolute Gasteiger partial charge is 0.481 e. The lowest BCUT2D eigenvalue weighted by atomic mass is 10.1. The van der Waals surface area contributed by atoms with Gasteiger partial charge in [0.2, 0.25) is 0 Å². The van der Waals surface area contributed by atoms with Gasteiger partial charge in [0.15, 0.2) is 0 Å². The number of rotatable bonds is 4. The van der Waals surface area contributed by atoms with E-state index in [4.69, 9.17) is 5.11 Å². The lowest BCUT2D eigenvalue weighted by molar-refractivity contribution is -0.137. The first kappa shape index (κ1) is 12.4. The fourth-order valence-corrected chi connectivity index (χ4v) is 1.95. The van der Waals surface area contributed by atoms with Gasteiger partial charge in [-0.05, 0) is 29.5 Å². The van der Waals surface area contributed by atoms with Gasteiger partial charge in [0.05, 0.1) is 6.42 Å². The Morgan fingerprint density at radius 2 is 2.11 bits per heavy atom. The molecule has 0 aliphatic carbocycles. The minimum Gasteiger partial charge on any atom is -0.481 e. The lowest BCUT2D eigenvalue weighted by Crippen LogP contribution is -2.20. The fourth-order valence-electron chi connectivity index (χ4n) is 1.95. The van der Waals surface area contributed by atoms with Crippen LogP contribution in [0.15, 0.2) is 35.3 Å². The number of benzene rings is 1. The number of pyridine rings is 1. The molecule has 0 saturated carbocycles. The molecule has 0 atom stereocenters. The second-order valence-corrected chi connectivity index (χ2v) is 4.23. The minimum absolute atomic E-state index is 0.0432. The predicted octanol–water partition coefficient (Wildman–Crippen LogP) is 2.04. The predicted molar refractivity (Wildman–Crippen MR) is 69.8 cm³/mol. The molecule has 1 aromatic carbocycles. The maximum atomic E-state index is 12.1. The molecule has 0 amide bonds. The van der Waals surface area contributed by atoms with E-state index in [1.807, 2.05) is 24.3 Å². The molecule has 0 unspecified atom stereocenters. The summed E-state index contributed by atoms with van der Waals surface area (Å²) < 4.78 is 1.45. The van der Waals surface area contributed by atoms with Gasteiger partial charge in [-0.3, -0.25) is 9.59 Å². The third kappa shape index (κ3) is 2.42. The summed E-state index contributed by atoms with van der Waals surface area (Å²) in [5, 5.41) is 10.2. The summed E-state index contributed by atoms with van der Waals surface area (Å²) in [6.45, 7) is 2.27. The summed E-state index contributed by atoms with van der Waals surface area (Å²) in [4.78, 5) is 22.6. The molecule has 1 aromatic heterocycles. The Bertz CT molecular complexity index is 643. The van der Waals surface area contributed by atoms with E-state index in [9.17, 15) is 9.59 Å². The van der Waals surface area contributed by atoms with Gasteiger partial charge in [-0.15, -0.1) is 0 Å². The van der Waals surface area contributed by atoms with Gasteiger partial charge in [0.1, 0.15) is 0 Å². The SMILES string of the molecule is CCc1ccc2c(=O)n(CCC(=O)O)ccc2c1. The maximum Gasteiger partial charge on any atom is 0.305 e. The molecular formula is C14H15NO3. The van der Waals surface area contributed by atoms with E-state index in [1.54, 1.807) is 6.20 Å². The molecule has 0 aliphatic heterocycles. The van der Waals surface area contributed by atoms with Crippen molar-refractivity contribution in [3.63, 3.8) is 0 Å². The number of hydrogen-bond acceptors (Lipinski definition) is 2. The molecular weight excluding hydrogens is 230 g/mol. The number of fused-ring (bicyclic) bond motifs is 1. The molecule has 0 aliphatic rings. The quantitative estimate of drug-likeness (QED) is 0.896. The van der Waals surface area contributed by atoms with Crippen molar-refractivity contribution in [2.24, 2.45) is 0 Å². The maximum absolute atomic E-state index is 12.1. The van der Waals surface area contributed by atoms with Gasteiger partial charge < -0.3 is 9.67 Å². The molecule has 4 nitrogen and oxygen atoms in total. The summed E-state index contributed by atoms with van der Waals surface area (Å²) >= 11 is 0. The summed E-state index contributed by atoms with van der Waals surface area (Å²) in [7, 11) is 0. The molecule has 4 heteroatoms. The Morgan fingerprint density at radius 3 is 2.78 bits per heavy atom. The van der Waals surface area contributed by atoms with E-state index in [0.717, 1.165) is 11.8 Å². The Kier molecular flexibility index (Phi) is 3.46. The summed E-state index contributed by atoms with van der Waals surface area (Å²) in [6.07, 6.45) is 2.55. The van der Waals surface area contributed by atoms with Gasteiger partial charge in [-0.1, -0.05) is 19.1 Å². The number of carboxylic acid groups (broad SMARTS) is 1. The van der Waals surface area contributed by atoms with Crippen molar-refractivity contribution in [3.8, 4) is 0 Å². The van der Waals surface area contributed by atoms with Crippen molar-refractivity contribution in [2.45, 2.75) is 26.3 Å². The second-order valence-electron chi connectivity index (χ2n) is 4.23. The number of aryl methyl sites for hydroxylation is 2. The highest BCUT2D eigenvalue weighted by molar-refractivity contribution is 5.82. The molecule has 2 rings (SSSR count). The van der Waals surface area contributed by atoms with Crippen LogP contribution in [-0.4, -0.2) is 15.6 Å². The van der Waals surface area contributed by atoms with Crippen LogP contribution in [0.4, 0.5) is 0 Å². The molecule has 1 N–H and O–H groups in total. The molecule has 94 valence electrons. The van der Waals surface area contributed by atoms with Crippen LogP contribution in [0.2, 0.25) is 0 Å². The van der Waals surface area contributed by atoms with Crippen molar-refractivity contribution in [3.05, 3.63) is 46.4 Å². The Balaban J connectivity index is 2.44. The summed E-state index contributed by atoms with van der Waals surface area (Å²) in [6, 6.07) is 7.61. The van der Waals surface area contributed by atoms with Gasteiger partial charge >= 0.3 is 5.97 Å². The number of carboxylic acids is 1. The Hall–Kier alpha value is -2.10. The highest BCUT2D eigenvalue weighted by Crippen LogP contribution is 2.13. The second kappa shape index (κ2) is 5.04. The van der Waals surface area contributed by atoms with Crippen LogP contribution in [0.25, 0.3) is 10.8 Å². The number of carbonyl (C=O) groups is 1. The summed E-state index contributed by atoms with van der Waals surface area (Å²) in [5.74, 6) is -0.900. The standard InChI is InChI=1S/C14H15NO3/c1-2-10-3-4-12-11(9-10)5-7-15(14(12)18)8-6-13(16)17/h3-5,7,9H,2,6,8H2,1H3,(H,16,17). The van der Waals surface area contributed by atoms with E-state index in [-0.39, 0.29) is 18.5 Å². The number of hydrogen-bond donors (Lipinski definition) is 1. The molecule has 0 saturated heterocycles. The van der Waals surface area contributed by atoms with Gasteiger partial charge in [-0.25, -0.2) is 0 Å². The van der Waals surface area contributed by atoms with Crippen molar-refractivity contribution >= 4 is 16.7 Å². The molecule has 0 radical (unpaired) electrons. The van der Waals surface area contributed by atoms with Crippen molar-refractivity contribution < 1.29 is 9.90 Å². The highest BCUT2D eigenvalue weighted by Gasteiger charge is 2.05. The molecule has 18 heavy (non-hydrogen) atoms. The number of aliphatic carboxylic acids is 1. The van der Waals surface area contributed by atoms with E-state index in [1.165, 1.54) is 10.1 Å². The van der Waals surface area contributed by atoms with Gasteiger partial charge in [-0.2, -0.15) is 0 Å². The van der Waals surface area contributed by atoms with Crippen LogP contribution >= 0.6 is 0 Å².